The summed E-state index contributed by atoms with van der Waals surface area (Å²) < 4.78 is 19.6. The lowest BCUT2D eigenvalue weighted by atomic mass is 9.85. The highest BCUT2D eigenvalue weighted by atomic mass is 19.1. The number of fused-ring (bicyclic) bond motifs is 1. The van der Waals surface area contributed by atoms with Gasteiger partial charge in [0.05, 0.1) is 0 Å². The molecule has 2 atom stereocenters. The molecule has 1 aliphatic carbocycles. The van der Waals surface area contributed by atoms with Gasteiger partial charge in [-0.15, -0.1) is 0 Å². The maximum absolute atomic E-state index is 13.4. The minimum atomic E-state index is -0.215. The maximum atomic E-state index is 13.4. The molecule has 3 heteroatoms. The lowest BCUT2D eigenvalue weighted by Crippen LogP contribution is -2.43. The molecule has 1 heterocycles. The summed E-state index contributed by atoms with van der Waals surface area (Å²) in [7, 11) is 0. The van der Waals surface area contributed by atoms with Crippen molar-refractivity contribution in [1.82, 2.24) is 5.32 Å². The van der Waals surface area contributed by atoms with Crippen LogP contribution in [-0.2, 0) is 0 Å². The molecule has 0 radical (unpaired) electrons. The van der Waals surface area contributed by atoms with E-state index in [9.17, 15) is 4.39 Å². The van der Waals surface area contributed by atoms with Crippen LogP contribution in [0.15, 0.2) is 18.2 Å². The first-order valence-corrected chi connectivity index (χ1v) is 7.34. The molecule has 1 saturated carbocycles. The number of halogens is 1. The largest absolute Gasteiger partial charge is 0.487 e. The molecule has 104 valence electrons. The molecule has 0 bridgehead atoms. The minimum Gasteiger partial charge on any atom is -0.487 e. The standard InChI is InChI=1S/C16H22FNO/c1-3-8-18-14-10-16(2,11-4-5-11)19-15-9-12(17)6-7-13(14)15/h6-7,9,11,14,18H,3-5,8,10H2,1-2H3. The molecule has 1 N–H and O–H groups in total. The van der Waals surface area contributed by atoms with Crippen LogP contribution in [0.2, 0.25) is 0 Å². The van der Waals surface area contributed by atoms with Crippen LogP contribution < -0.4 is 10.1 Å². The molecule has 0 spiro atoms. The van der Waals surface area contributed by atoms with E-state index >= 15 is 0 Å². The van der Waals surface area contributed by atoms with E-state index in [1.807, 2.05) is 6.07 Å². The van der Waals surface area contributed by atoms with Gasteiger partial charge in [0.25, 0.3) is 0 Å². The molecule has 0 amide bonds. The second-order valence-electron chi connectivity index (χ2n) is 6.08. The van der Waals surface area contributed by atoms with Crippen molar-refractivity contribution in [3.8, 4) is 5.75 Å². The molecular formula is C16H22FNO. The third-order valence-electron chi connectivity index (χ3n) is 4.39. The molecule has 1 fully saturated rings. The van der Waals surface area contributed by atoms with Crippen molar-refractivity contribution in [2.45, 2.75) is 51.2 Å². The Bertz CT molecular complexity index is 472. The first kappa shape index (κ1) is 12.9. The number of nitrogens with one attached hydrogen (secondary N) is 1. The fraction of sp³-hybridized carbons (Fsp3) is 0.625. The molecule has 3 rings (SSSR count). The van der Waals surface area contributed by atoms with Crippen molar-refractivity contribution >= 4 is 0 Å². The Labute approximate surface area is 114 Å². The van der Waals surface area contributed by atoms with E-state index < -0.39 is 0 Å². The van der Waals surface area contributed by atoms with Crippen LogP contribution in [0.3, 0.4) is 0 Å². The van der Waals surface area contributed by atoms with Gasteiger partial charge >= 0.3 is 0 Å². The zero-order valence-corrected chi connectivity index (χ0v) is 11.7. The van der Waals surface area contributed by atoms with Gasteiger partial charge in [0.15, 0.2) is 0 Å². The highest BCUT2D eigenvalue weighted by Gasteiger charge is 2.48. The summed E-state index contributed by atoms with van der Waals surface area (Å²) >= 11 is 0. The molecular weight excluding hydrogens is 241 g/mol. The van der Waals surface area contributed by atoms with E-state index in [0.29, 0.717) is 5.92 Å². The Kier molecular flexibility index (Phi) is 3.25. The van der Waals surface area contributed by atoms with Crippen LogP contribution in [0.4, 0.5) is 4.39 Å². The van der Waals surface area contributed by atoms with Crippen LogP contribution in [0.5, 0.6) is 5.75 Å². The van der Waals surface area contributed by atoms with Crippen molar-refractivity contribution in [3.63, 3.8) is 0 Å². The number of hydrogen-bond donors (Lipinski definition) is 1. The summed E-state index contributed by atoms with van der Waals surface area (Å²) in [5.41, 5.74) is 0.972. The van der Waals surface area contributed by atoms with Crippen molar-refractivity contribution in [1.29, 1.82) is 0 Å². The van der Waals surface area contributed by atoms with Gasteiger partial charge in [-0.05, 0) is 44.7 Å². The SMILES string of the molecule is CCCNC1CC(C)(C2CC2)Oc2cc(F)ccc21. The summed E-state index contributed by atoms with van der Waals surface area (Å²) in [5.74, 6) is 1.15. The van der Waals surface area contributed by atoms with E-state index in [4.69, 9.17) is 4.74 Å². The van der Waals surface area contributed by atoms with Gasteiger partial charge in [0.1, 0.15) is 17.2 Å². The summed E-state index contributed by atoms with van der Waals surface area (Å²) in [6.07, 6.45) is 4.56. The molecule has 19 heavy (non-hydrogen) atoms. The van der Waals surface area contributed by atoms with Gasteiger partial charge in [-0.25, -0.2) is 4.39 Å². The molecule has 2 unspecified atom stereocenters. The summed E-state index contributed by atoms with van der Waals surface area (Å²) in [4.78, 5) is 0. The Hall–Kier alpha value is -1.09. The van der Waals surface area contributed by atoms with Crippen molar-refractivity contribution in [3.05, 3.63) is 29.6 Å². The molecule has 1 aromatic carbocycles. The first-order valence-electron chi connectivity index (χ1n) is 7.34. The maximum Gasteiger partial charge on any atom is 0.127 e. The molecule has 2 nitrogen and oxygen atoms in total. The van der Waals surface area contributed by atoms with Crippen molar-refractivity contribution in [2.24, 2.45) is 5.92 Å². The van der Waals surface area contributed by atoms with Gasteiger partial charge in [-0.1, -0.05) is 13.0 Å². The fourth-order valence-corrected chi connectivity index (χ4v) is 3.14. The van der Waals surface area contributed by atoms with E-state index in [0.717, 1.165) is 30.7 Å². The van der Waals surface area contributed by atoms with E-state index in [1.165, 1.54) is 25.0 Å². The molecule has 2 aliphatic rings. The summed E-state index contributed by atoms with van der Waals surface area (Å²) in [5, 5.41) is 3.58. The van der Waals surface area contributed by atoms with Gasteiger partial charge in [-0.3, -0.25) is 0 Å². The summed E-state index contributed by atoms with van der Waals surface area (Å²) in [6.45, 7) is 5.33. The first-order chi connectivity index (χ1) is 9.12. The minimum absolute atomic E-state index is 0.133. The third-order valence-corrected chi connectivity index (χ3v) is 4.39. The fourth-order valence-electron chi connectivity index (χ4n) is 3.14. The third kappa shape index (κ3) is 2.48. The molecule has 1 aromatic rings. The number of rotatable bonds is 4. The van der Waals surface area contributed by atoms with Crippen molar-refractivity contribution < 1.29 is 9.13 Å². The predicted molar refractivity (Wildman–Crippen MR) is 73.8 cm³/mol. The average molecular weight is 263 g/mol. The zero-order valence-electron chi connectivity index (χ0n) is 11.7. The smallest absolute Gasteiger partial charge is 0.127 e. The molecule has 0 saturated heterocycles. The predicted octanol–water partition coefficient (Wildman–Crippen LogP) is 3.82. The van der Waals surface area contributed by atoms with Gasteiger partial charge in [-0.2, -0.15) is 0 Å². The van der Waals surface area contributed by atoms with Crippen LogP contribution in [0.1, 0.15) is 51.1 Å². The lowest BCUT2D eigenvalue weighted by molar-refractivity contribution is 0.0266. The van der Waals surface area contributed by atoms with Gasteiger partial charge < -0.3 is 10.1 Å². The molecule has 1 aliphatic heterocycles. The topological polar surface area (TPSA) is 21.3 Å². The normalized spacial score (nSPS) is 29.7. The van der Waals surface area contributed by atoms with Crippen LogP contribution in [0.25, 0.3) is 0 Å². The lowest BCUT2D eigenvalue weighted by Gasteiger charge is -2.40. The zero-order chi connectivity index (χ0) is 13.5. The Balaban J connectivity index is 1.91. The van der Waals surface area contributed by atoms with Gasteiger partial charge in [0.2, 0.25) is 0 Å². The van der Waals surface area contributed by atoms with Crippen LogP contribution in [-0.4, -0.2) is 12.1 Å². The summed E-state index contributed by atoms with van der Waals surface area (Å²) in [6, 6.07) is 5.22. The monoisotopic (exact) mass is 263 g/mol. The van der Waals surface area contributed by atoms with Crippen LogP contribution >= 0.6 is 0 Å². The quantitative estimate of drug-likeness (QED) is 0.891. The van der Waals surface area contributed by atoms with Gasteiger partial charge in [0, 0.05) is 24.1 Å². The second-order valence-corrected chi connectivity index (χ2v) is 6.08. The number of hydrogen-bond acceptors (Lipinski definition) is 2. The van der Waals surface area contributed by atoms with E-state index in [2.05, 4.69) is 19.2 Å². The Morgan fingerprint density at radius 1 is 1.42 bits per heavy atom. The van der Waals surface area contributed by atoms with Crippen LogP contribution in [0, 0.1) is 11.7 Å². The Morgan fingerprint density at radius 3 is 2.89 bits per heavy atom. The number of benzene rings is 1. The highest BCUT2D eigenvalue weighted by molar-refractivity contribution is 5.39. The van der Waals surface area contributed by atoms with E-state index in [-0.39, 0.29) is 17.5 Å². The number of ether oxygens (including phenoxy) is 1. The van der Waals surface area contributed by atoms with E-state index in [1.54, 1.807) is 0 Å². The Morgan fingerprint density at radius 2 is 2.21 bits per heavy atom. The second kappa shape index (κ2) is 4.78. The highest BCUT2D eigenvalue weighted by Crippen LogP contribution is 2.50. The van der Waals surface area contributed by atoms with Crippen molar-refractivity contribution in [2.75, 3.05) is 6.54 Å². The molecule has 0 aromatic heterocycles. The average Bonchev–Trinajstić information content (AvgIpc) is 3.19.